The van der Waals surface area contributed by atoms with Gasteiger partial charge in [-0.1, -0.05) is 39.8 Å². The van der Waals surface area contributed by atoms with Crippen molar-refractivity contribution in [2.24, 2.45) is 23.2 Å². The van der Waals surface area contributed by atoms with E-state index in [0.717, 1.165) is 19.3 Å². The van der Waals surface area contributed by atoms with E-state index in [2.05, 4.69) is 32.3 Å². The zero-order chi connectivity index (χ0) is 29.8. The standard InChI is InChI=1S/C29H48N2O8S/c1-7-10-29(5,6)25(24-21(33)20(32)22(34)27(39-24)40-12-8-2)30-26(35)19-23-18(15-31(19)28(36)37)14-17(9-11-38-23)13-16(3)4/h7-8,16-25,27,32-34H,1-2,9-15H2,3-6H3,(H,30,35)(H,36,37)/t17-,18-,19-,20-,21+,22+,23+,24-,25-,27+/m0/s1. The van der Waals surface area contributed by atoms with Crippen LogP contribution in [0, 0.1) is 23.2 Å². The van der Waals surface area contributed by atoms with Crippen LogP contribution in [0.3, 0.4) is 0 Å². The monoisotopic (exact) mass is 584 g/mol. The Morgan fingerprint density at radius 3 is 2.45 bits per heavy atom. The molecule has 11 heteroatoms. The lowest BCUT2D eigenvalue weighted by atomic mass is 9.75. The van der Waals surface area contributed by atoms with E-state index in [1.165, 1.54) is 16.7 Å². The summed E-state index contributed by atoms with van der Waals surface area (Å²) in [5.74, 6) is 0.709. The van der Waals surface area contributed by atoms with Gasteiger partial charge in [0.1, 0.15) is 35.9 Å². The Bertz CT molecular complexity index is 901. The maximum absolute atomic E-state index is 14.0. The van der Waals surface area contributed by atoms with Crippen LogP contribution in [0.2, 0.25) is 0 Å². The molecule has 3 fully saturated rings. The predicted molar refractivity (Wildman–Crippen MR) is 154 cm³/mol. The number of thioether (sulfide) groups is 1. The molecule has 40 heavy (non-hydrogen) atoms. The average Bonchev–Trinajstić information content (AvgIpc) is 3.12. The molecule has 3 rings (SSSR count). The molecule has 3 saturated heterocycles. The molecule has 3 heterocycles. The number of carbonyl (C=O) groups excluding carboxylic acids is 1. The fourth-order valence-corrected chi connectivity index (χ4v) is 7.43. The highest BCUT2D eigenvalue weighted by atomic mass is 32.2. The lowest BCUT2D eigenvalue weighted by molar-refractivity contribution is -0.212. The molecule has 228 valence electrons. The van der Waals surface area contributed by atoms with Gasteiger partial charge in [-0.15, -0.1) is 24.9 Å². The summed E-state index contributed by atoms with van der Waals surface area (Å²) in [5.41, 5.74) is -1.58. The SMILES string of the molecule is C=CCS[C@H]1O[C@H]([C@H](NC(=O)[C@@H]2[C@@H]3OCC[C@@H](CC(C)C)C[C@H]3CN2C(=O)O)C(C)(C)CC=C)[C@H](O)[C@H](O)[C@H]1O. The summed E-state index contributed by atoms with van der Waals surface area (Å²) in [4.78, 5) is 27.5. The number of fused-ring (bicyclic) bond motifs is 1. The molecule has 0 saturated carbocycles. The number of hydrogen-bond donors (Lipinski definition) is 5. The van der Waals surface area contributed by atoms with Crippen LogP contribution in [0.4, 0.5) is 4.79 Å². The van der Waals surface area contributed by atoms with Gasteiger partial charge in [0, 0.05) is 24.8 Å². The van der Waals surface area contributed by atoms with E-state index in [4.69, 9.17) is 9.47 Å². The van der Waals surface area contributed by atoms with Gasteiger partial charge < -0.3 is 35.2 Å². The number of ether oxygens (including phenoxy) is 2. The molecule has 10 nitrogen and oxygen atoms in total. The second kappa shape index (κ2) is 14.0. The van der Waals surface area contributed by atoms with Crippen molar-refractivity contribution >= 4 is 23.8 Å². The molecule has 0 aromatic carbocycles. The van der Waals surface area contributed by atoms with Crippen LogP contribution in [0.15, 0.2) is 25.3 Å². The lowest BCUT2D eigenvalue weighted by Crippen LogP contribution is -2.67. The van der Waals surface area contributed by atoms with Gasteiger partial charge in [0.25, 0.3) is 0 Å². The van der Waals surface area contributed by atoms with Crippen molar-refractivity contribution in [2.45, 2.75) is 101 Å². The molecular formula is C29H48N2O8S. The van der Waals surface area contributed by atoms with E-state index in [0.29, 0.717) is 30.6 Å². The first-order valence-corrected chi connectivity index (χ1v) is 15.3. The third kappa shape index (κ3) is 7.41. The summed E-state index contributed by atoms with van der Waals surface area (Å²) in [5, 5.41) is 45.3. The van der Waals surface area contributed by atoms with Crippen LogP contribution in [-0.2, 0) is 14.3 Å². The van der Waals surface area contributed by atoms with Crippen LogP contribution in [0.5, 0.6) is 0 Å². The number of aliphatic hydroxyl groups is 3. The Labute approximate surface area is 242 Å². The Morgan fingerprint density at radius 2 is 1.85 bits per heavy atom. The van der Waals surface area contributed by atoms with Crippen LogP contribution < -0.4 is 5.32 Å². The number of aliphatic hydroxyl groups excluding tert-OH is 3. The Hall–Kier alpha value is -1.63. The number of amides is 2. The van der Waals surface area contributed by atoms with Gasteiger partial charge in [0.15, 0.2) is 0 Å². The third-order valence-corrected chi connectivity index (χ3v) is 9.60. The van der Waals surface area contributed by atoms with Crippen LogP contribution in [-0.4, -0.2) is 104 Å². The van der Waals surface area contributed by atoms with Crippen molar-refractivity contribution in [1.29, 1.82) is 0 Å². The second-order valence-corrected chi connectivity index (χ2v) is 13.7. The molecule has 0 unspecified atom stereocenters. The van der Waals surface area contributed by atoms with Crippen molar-refractivity contribution < 1.29 is 39.5 Å². The normalized spacial score (nSPS) is 35.5. The van der Waals surface area contributed by atoms with Gasteiger partial charge in [-0.25, -0.2) is 4.79 Å². The van der Waals surface area contributed by atoms with Crippen molar-refractivity contribution in [3.63, 3.8) is 0 Å². The highest BCUT2D eigenvalue weighted by Gasteiger charge is 2.54. The highest BCUT2D eigenvalue weighted by molar-refractivity contribution is 7.99. The third-order valence-electron chi connectivity index (χ3n) is 8.46. The van der Waals surface area contributed by atoms with E-state index >= 15 is 0 Å². The summed E-state index contributed by atoms with van der Waals surface area (Å²) in [6.07, 6.45) is -0.753. The first kappa shape index (κ1) is 32.9. The molecule has 3 aliphatic heterocycles. The smallest absolute Gasteiger partial charge is 0.408 e. The Kier molecular flexibility index (Phi) is 11.5. The molecule has 0 aromatic rings. The average molecular weight is 585 g/mol. The molecule has 5 N–H and O–H groups in total. The van der Waals surface area contributed by atoms with E-state index < -0.39 is 65.5 Å². The van der Waals surface area contributed by atoms with Crippen molar-refractivity contribution in [3.8, 4) is 0 Å². The Morgan fingerprint density at radius 1 is 1.15 bits per heavy atom. The van der Waals surface area contributed by atoms with Gasteiger partial charge in [0.05, 0.1) is 12.1 Å². The second-order valence-electron chi connectivity index (χ2n) is 12.5. The van der Waals surface area contributed by atoms with Crippen molar-refractivity contribution in [2.75, 3.05) is 18.9 Å². The molecule has 0 bridgehead atoms. The molecule has 0 aromatic heterocycles. The minimum absolute atomic E-state index is 0.106. The fourth-order valence-electron chi connectivity index (χ4n) is 6.54. The summed E-state index contributed by atoms with van der Waals surface area (Å²) < 4.78 is 12.3. The van der Waals surface area contributed by atoms with Gasteiger partial charge >= 0.3 is 6.09 Å². The van der Waals surface area contributed by atoms with Gasteiger partial charge in [-0.05, 0) is 42.9 Å². The number of hydrogen-bond acceptors (Lipinski definition) is 8. The summed E-state index contributed by atoms with van der Waals surface area (Å²) in [6, 6.07) is -1.92. The number of carboxylic acid groups (broad SMARTS) is 1. The first-order valence-electron chi connectivity index (χ1n) is 14.3. The molecule has 0 radical (unpaired) electrons. The molecule has 0 spiro atoms. The molecular weight excluding hydrogens is 536 g/mol. The quantitative estimate of drug-likeness (QED) is 0.231. The van der Waals surface area contributed by atoms with Gasteiger partial charge in [0.2, 0.25) is 5.91 Å². The number of allylic oxidation sites excluding steroid dienone is 1. The minimum atomic E-state index is -1.51. The summed E-state index contributed by atoms with van der Waals surface area (Å²) >= 11 is 1.23. The maximum Gasteiger partial charge on any atom is 0.408 e. The summed E-state index contributed by atoms with van der Waals surface area (Å²) in [7, 11) is 0. The van der Waals surface area contributed by atoms with E-state index in [9.17, 15) is 30.0 Å². The minimum Gasteiger partial charge on any atom is -0.465 e. The zero-order valence-corrected chi connectivity index (χ0v) is 25.0. The highest BCUT2D eigenvalue weighted by Crippen LogP contribution is 2.39. The molecule has 10 atom stereocenters. The van der Waals surface area contributed by atoms with Crippen LogP contribution >= 0.6 is 11.8 Å². The van der Waals surface area contributed by atoms with Crippen molar-refractivity contribution in [3.05, 3.63) is 25.3 Å². The zero-order valence-electron chi connectivity index (χ0n) is 24.1. The maximum atomic E-state index is 14.0. The lowest BCUT2D eigenvalue weighted by Gasteiger charge is -2.48. The van der Waals surface area contributed by atoms with Crippen molar-refractivity contribution in [1.82, 2.24) is 10.2 Å². The Balaban J connectivity index is 1.90. The van der Waals surface area contributed by atoms with Crippen LogP contribution in [0.1, 0.15) is 53.4 Å². The number of carbonyl (C=O) groups is 2. The van der Waals surface area contributed by atoms with E-state index in [1.807, 2.05) is 13.8 Å². The molecule has 0 aliphatic carbocycles. The topological polar surface area (TPSA) is 149 Å². The number of likely N-dealkylation sites (tertiary alicyclic amines) is 1. The molecule has 2 amide bonds. The summed E-state index contributed by atoms with van der Waals surface area (Å²) in [6.45, 7) is 16.3. The van der Waals surface area contributed by atoms with Crippen LogP contribution in [0.25, 0.3) is 0 Å². The fraction of sp³-hybridized carbons (Fsp3) is 0.793. The number of nitrogens with zero attached hydrogens (tertiary/aromatic N) is 1. The first-order chi connectivity index (χ1) is 18.8. The largest absolute Gasteiger partial charge is 0.465 e. The molecule has 3 aliphatic rings. The van der Waals surface area contributed by atoms with Gasteiger partial charge in [-0.3, -0.25) is 9.69 Å². The van der Waals surface area contributed by atoms with E-state index in [-0.39, 0.29) is 12.5 Å². The number of rotatable bonds is 11. The van der Waals surface area contributed by atoms with Gasteiger partial charge in [-0.2, -0.15) is 0 Å². The number of nitrogens with one attached hydrogen (secondary N) is 1. The van der Waals surface area contributed by atoms with E-state index in [1.54, 1.807) is 12.2 Å². The predicted octanol–water partition coefficient (Wildman–Crippen LogP) is 2.62.